The molecule has 3 unspecified atom stereocenters. The zero-order valence-electron chi connectivity index (χ0n) is 26.6. The van der Waals surface area contributed by atoms with E-state index in [1.165, 1.54) is 20.5 Å². The number of likely N-dealkylation sites (tertiary alicyclic amines) is 1. The Morgan fingerprint density at radius 1 is 1.00 bits per heavy atom. The molecule has 12 nitrogen and oxygen atoms in total. The lowest BCUT2D eigenvalue weighted by molar-refractivity contribution is -0.139. The first-order valence-corrected chi connectivity index (χ1v) is 16.9. The number of rotatable bonds is 10. The summed E-state index contributed by atoms with van der Waals surface area (Å²) in [5.41, 5.74) is 0.532. The largest absolute Gasteiger partial charge is 0.493 e. The zero-order chi connectivity index (χ0) is 32.1. The van der Waals surface area contributed by atoms with Crippen molar-refractivity contribution >= 4 is 57.1 Å². The van der Waals surface area contributed by atoms with Crippen molar-refractivity contribution in [1.29, 1.82) is 0 Å². The van der Waals surface area contributed by atoms with Gasteiger partial charge in [-0.2, -0.15) is 4.98 Å². The standard InChI is InChI=1S/C32H44N6O6S/c1-19(18-45-20(2)39)31(42)37-13-8-11-24(37)30(41)35-29-22-15-26(43-3)27(44-4)16-23(22)34-32(36-29)38-14-12-33-17-25(38)28(40)21-9-6-5-7-10-21/h15-16,19,21,24-25,33H,5-14,17-18H2,1-4H3,(H,34,35,36,41). The molecular weight excluding hydrogens is 596 g/mol. The van der Waals surface area contributed by atoms with Gasteiger partial charge in [0.05, 0.1) is 19.7 Å². The van der Waals surface area contributed by atoms with Crippen LogP contribution in [0.15, 0.2) is 12.1 Å². The monoisotopic (exact) mass is 640 g/mol. The first-order chi connectivity index (χ1) is 21.7. The minimum atomic E-state index is -0.671. The molecule has 2 aromatic rings. The van der Waals surface area contributed by atoms with E-state index in [0.29, 0.717) is 73.1 Å². The van der Waals surface area contributed by atoms with E-state index in [1.54, 1.807) is 31.1 Å². The normalized spacial score (nSPS) is 21.4. The van der Waals surface area contributed by atoms with Crippen LogP contribution in [-0.2, 0) is 19.2 Å². The number of aromatic nitrogens is 2. The Labute approximate surface area is 268 Å². The lowest BCUT2D eigenvalue weighted by atomic mass is 9.83. The summed E-state index contributed by atoms with van der Waals surface area (Å²) < 4.78 is 11.1. The van der Waals surface area contributed by atoms with Crippen molar-refractivity contribution in [2.24, 2.45) is 11.8 Å². The summed E-state index contributed by atoms with van der Waals surface area (Å²) in [7, 11) is 3.08. The molecule has 1 aromatic heterocycles. The summed E-state index contributed by atoms with van der Waals surface area (Å²) in [6.45, 7) is 5.45. The second-order valence-corrected chi connectivity index (χ2v) is 13.3. The smallest absolute Gasteiger partial charge is 0.248 e. The number of amides is 2. The fraction of sp³-hybridized carbons (Fsp3) is 0.625. The van der Waals surface area contributed by atoms with Crippen LogP contribution in [0, 0.1) is 11.8 Å². The molecule has 2 saturated heterocycles. The molecule has 2 amide bonds. The Hall–Kier alpha value is -3.45. The third-order valence-electron chi connectivity index (χ3n) is 9.06. The van der Waals surface area contributed by atoms with E-state index >= 15 is 0 Å². The summed E-state index contributed by atoms with van der Waals surface area (Å²) in [6.07, 6.45) is 6.33. The van der Waals surface area contributed by atoms with Crippen LogP contribution in [0.25, 0.3) is 10.9 Å². The molecule has 0 bridgehead atoms. The molecule has 2 N–H and O–H groups in total. The highest BCUT2D eigenvalue weighted by Crippen LogP contribution is 2.36. The Morgan fingerprint density at radius 2 is 1.73 bits per heavy atom. The fourth-order valence-electron chi connectivity index (χ4n) is 6.62. The molecule has 3 fully saturated rings. The number of hydrogen-bond donors (Lipinski definition) is 2. The molecule has 13 heteroatoms. The van der Waals surface area contributed by atoms with Crippen LogP contribution in [0.2, 0.25) is 0 Å². The van der Waals surface area contributed by atoms with Crippen molar-refractivity contribution < 1.29 is 28.7 Å². The van der Waals surface area contributed by atoms with E-state index in [-0.39, 0.29) is 34.4 Å². The van der Waals surface area contributed by atoms with Crippen molar-refractivity contribution in [3.8, 4) is 11.5 Å². The highest BCUT2D eigenvalue weighted by Gasteiger charge is 2.38. The third-order valence-corrected chi connectivity index (χ3v) is 10.1. The number of fused-ring (bicyclic) bond motifs is 1. The van der Waals surface area contributed by atoms with Crippen LogP contribution in [0.4, 0.5) is 11.8 Å². The summed E-state index contributed by atoms with van der Waals surface area (Å²) in [5, 5.41) is 6.88. The topological polar surface area (TPSA) is 143 Å². The van der Waals surface area contributed by atoms with Crippen molar-refractivity contribution in [2.45, 2.75) is 70.9 Å². The van der Waals surface area contributed by atoms with Gasteiger partial charge in [-0.15, -0.1) is 0 Å². The predicted octanol–water partition coefficient (Wildman–Crippen LogP) is 3.42. The molecule has 5 rings (SSSR count). The number of Topliss-reactive ketones (excluding diaryl/α,β-unsaturated/α-hetero) is 1. The van der Waals surface area contributed by atoms with Gasteiger partial charge in [-0.25, -0.2) is 4.98 Å². The Bertz CT molecular complexity index is 1430. The van der Waals surface area contributed by atoms with Crippen LogP contribution >= 0.6 is 11.8 Å². The van der Waals surface area contributed by atoms with Gasteiger partial charge in [0.15, 0.2) is 22.4 Å². The van der Waals surface area contributed by atoms with Crippen LogP contribution in [0.3, 0.4) is 0 Å². The number of anilines is 2. The number of methoxy groups -OCH3 is 2. The van der Waals surface area contributed by atoms with Crippen LogP contribution in [0.1, 0.15) is 58.8 Å². The second-order valence-electron chi connectivity index (χ2n) is 12.1. The van der Waals surface area contributed by atoms with Gasteiger partial charge in [0, 0.05) is 62.1 Å². The van der Waals surface area contributed by atoms with Gasteiger partial charge in [0.25, 0.3) is 0 Å². The van der Waals surface area contributed by atoms with Gasteiger partial charge >= 0.3 is 0 Å². The van der Waals surface area contributed by atoms with E-state index in [9.17, 15) is 19.2 Å². The van der Waals surface area contributed by atoms with Gasteiger partial charge in [-0.3, -0.25) is 19.2 Å². The molecule has 3 aliphatic rings. The number of thioether (sulfide) groups is 1. The van der Waals surface area contributed by atoms with Crippen molar-refractivity contribution in [3.63, 3.8) is 0 Å². The number of ketones is 1. The molecule has 244 valence electrons. The van der Waals surface area contributed by atoms with Gasteiger partial charge in [0.1, 0.15) is 17.9 Å². The number of nitrogens with one attached hydrogen (secondary N) is 2. The maximum atomic E-state index is 13.8. The molecule has 1 aromatic carbocycles. The van der Waals surface area contributed by atoms with Gasteiger partial charge < -0.3 is 29.9 Å². The highest BCUT2D eigenvalue weighted by atomic mass is 32.2. The van der Waals surface area contributed by atoms with E-state index in [4.69, 9.17) is 19.4 Å². The van der Waals surface area contributed by atoms with Crippen LogP contribution in [-0.4, -0.2) is 95.8 Å². The SMILES string of the molecule is COc1cc2nc(N3CCNCC3C(=O)C3CCCCC3)nc(NC(=O)C3CCCN3C(=O)C(C)CSC(C)=O)c2cc1OC. The van der Waals surface area contributed by atoms with E-state index < -0.39 is 18.0 Å². The number of benzene rings is 1. The highest BCUT2D eigenvalue weighted by molar-refractivity contribution is 8.13. The number of nitrogens with zero attached hydrogens (tertiary/aromatic N) is 4. The molecule has 1 aliphatic carbocycles. The summed E-state index contributed by atoms with van der Waals surface area (Å²) in [5.74, 6) is 1.28. The first-order valence-electron chi connectivity index (χ1n) is 15.9. The number of hydrogen-bond acceptors (Lipinski definition) is 11. The first kappa shape index (κ1) is 32.9. The predicted molar refractivity (Wildman–Crippen MR) is 174 cm³/mol. The Morgan fingerprint density at radius 3 is 2.44 bits per heavy atom. The van der Waals surface area contributed by atoms with E-state index in [2.05, 4.69) is 10.6 Å². The molecule has 3 atom stereocenters. The zero-order valence-corrected chi connectivity index (χ0v) is 27.4. The van der Waals surface area contributed by atoms with Crippen molar-refractivity contribution in [3.05, 3.63) is 12.1 Å². The molecule has 0 spiro atoms. The number of piperazine rings is 1. The number of carbonyl (C=O) groups is 4. The van der Waals surface area contributed by atoms with Gasteiger partial charge in [-0.05, 0) is 31.7 Å². The van der Waals surface area contributed by atoms with Crippen molar-refractivity contribution in [1.82, 2.24) is 20.2 Å². The number of ether oxygens (including phenoxy) is 2. The summed E-state index contributed by atoms with van der Waals surface area (Å²) in [4.78, 5) is 65.7. The summed E-state index contributed by atoms with van der Waals surface area (Å²) in [6, 6.07) is 2.39. The molecular formula is C32H44N6O6S. The average molecular weight is 641 g/mol. The van der Waals surface area contributed by atoms with E-state index in [1.807, 2.05) is 4.90 Å². The van der Waals surface area contributed by atoms with Gasteiger partial charge in [0.2, 0.25) is 17.8 Å². The lowest BCUT2D eigenvalue weighted by Gasteiger charge is -2.37. The van der Waals surface area contributed by atoms with Crippen LogP contribution in [0.5, 0.6) is 11.5 Å². The van der Waals surface area contributed by atoms with Crippen LogP contribution < -0.4 is 25.0 Å². The molecule has 45 heavy (non-hydrogen) atoms. The molecule has 2 aliphatic heterocycles. The minimum Gasteiger partial charge on any atom is -0.493 e. The Kier molecular flexibility index (Phi) is 10.8. The fourth-order valence-corrected chi connectivity index (χ4v) is 7.25. The third kappa shape index (κ3) is 7.35. The lowest BCUT2D eigenvalue weighted by Crippen LogP contribution is -2.57. The molecule has 0 radical (unpaired) electrons. The molecule has 1 saturated carbocycles. The summed E-state index contributed by atoms with van der Waals surface area (Å²) >= 11 is 1.11. The maximum Gasteiger partial charge on any atom is 0.248 e. The maximum absolute atomic E-state index is 13.8. The van der Waals surface area contributed by atoms with Gasteiger partial charge in [-0.1, -0.05) is 37.9 Å². The van der Waals surface area contributed by atoms with E-state index in [0.717, 1.165) is 37.4 Å². The minimum absolute atomic E-state index is 0.0252. The Balaban J connectivity index is 1.47. The van der Waals surface area contributed by atoms with Crippen molar-refractivity contribution in [2.75, 3.05) is 56.4 Å². The quantitative estimate of drug-likeness (QED) is 0.394. The number of carbonyl (C=O) groups excluding carboxylic acids is 4. The second kappa shape index (κ2) is 14.8. The average Bonchev–Trinajstić information content (AvgIpc) is 3.56. The molecule has 3 heterocycles.